The van der Waals surface area contributed by atoms with Crippen molar-refractivity contribution in [2.75, 3.05) is 31.6 Å². The topological polar surface area (TPSA) is 30.3 Å². The molecule has 0 radical (unpaired) electrons. The Hall–Kier alpha value is -1.05. The minimum atomic E-state index is 0.541. The van der Waals surface area contributed by atoms with Crippen molar-refractivity contribution in [2.24, 2.45) is 0 Å². The Kier molecular flexibility index (Phi) is 5.45. The molecule has 1 heterocycles. The molecule has 0 aliphatic carbocycles. The summed E-state index contributed by atoms with van der Waals surface area (Å²) in [6.45, 7) is 5.68. The molecular weight excluding hydrogens is 314 g/mol. The number of halogens is 1. The van der Waals surface area contributed by atoms with Gasteiger partial charge in [0, 0.05) is 31.5 Å². The second-order valence-corrected chi connectivity index (χ2v) is 5.93. The van der Waals surface area contributed by atoms with Crippen LogP contribution >= 0.6 is 15.9 Å². The maximum atomic E-state index is 9.37. The Morgan fingerprint density at radius 3 is 2.65 bits per heavy atom. The summed E-state index contributed by atoms with van der Waals surface area (Å²) in [5.41, 5.74) is 2.99. The summed E-state index contributed by atoms with van der Waals surface area (Å²) < 4.78 is 0. The molecule has 0 aromatic heterocycles. The summed E-state index contributed by atoms with van der Waals surface area (Å²) in [5.74, 6) is 0. The molecule has 1 aliphatic heterocycles. The Morgan fingerprint density at radius 1 is 1.40 bits per heavy atom. The number of hydrogen-bond donors (Lipinski definition) is 0. The molecule has 3 nitrogen and oxygen atoms in total. The van der Waals surface area contributed by atoms with Crippen LogP contribution in [0.3, 0.4) is 0 Å². The van der Waals surface area contributed by atoms with Gasteiger partial charge in [-0.1, -0.05) is 28.9 Å². The highest BCUT2D eigenvalue weighted by molar-refractivity contribution is 9.08. The molecule has 4 heteroatoms. The fourth-order valence-electron chi connectivity index (χ4n) is 2.88. The maximum absolute atomic E-state index is 9.37. The molecule has 20 heavy (non-hydrogen) atoms. The number of benzene rings is 1. The fraction of sp³-hybridized carbons (Fsp3) is 0.562. The van der Waals surface area contributed by atoms with Gasteiger partial charge in [0.05, 0.1) is 11.3 Å². The molecule has 1 aromatic carbocycles. The van der Waals surface area contributed by atoms with E-state index in [1.54, 1.807) is 0 Å². The summed E-state index contributed by atoms with van der Waals surface area (Å²) >= 11 is 3.45. The highest BCUT2D eigenvalue weighted by Gasteiger charge is 2.23. The number of rotatable bonds is 4. The molecule has 0 saturated carbocycles. The predicted molar refractivity (Wildman–Crippen MR) is 87.3 cm³/mol. The lowest BCUT2D eigenvalue weighted by Crippen LogP contribution is -2.43. The molecular formula is C16H22BrN3. The van der Waals surface area contributed by atoms with Crippen molar-refractivity contribution in [3.8, 4) is 6.07 Å². The van der Waals surface area contributed by atoms with Crippen LogP contribution in [-0.4, -0.2) is 37.6 Å². The van der Waals surface area contributed by atoms with Crippen LogP contribution in [0.25, 0.3) is 0 Å². The van der Waals surface area contributed by atoms with Gasteiger partial charge in [-0.2, -0.15) is 5.26 Å². The second-order valence-electron chi connectivity index (χ2n) is 5.37. The molecule has 108 valence electrons. The zero-order valence-electron chi connectivity index (χ0n) is 12.3. The summed E-state index contributed by atoms with van der Waals surface area (Å²) in [7, 11) is 2.12. The van der Waals surface area contributed by atoms with E-state index in [9.17, 15) is 5.26 Å². The molecule has 1 aromatic rings. The monoisotopic (exact) mass is 335 g/mol. The number of nitrogens with zero attached hydrogens (tertiary/aromatic N) is 3. The van der Waals surface area contributed by atoms with E-state index in [4.69, 9.17) is 0 Å². The SMILES string of the molecule is CCN1CCC(N(C)c2ccc(CBr)cc2C#N)CC1. The molecule has 2 rings (SSSR count). The zero-order chi connectivity index (χ0) is 14.5. The first-order valence-corrected chi connectivity index (χ1v) is 8.36. The van der Waals surface area contributed by atoms with Crippen molar-refractivity contribution < 1.29 is 0 Å². The van der Waals surface area contributed by atoms with Crippen molar-refractivity contribution in [3.05, 3.63) is 29.3 Å². The number of alkyl halides is 1. The van der Waals surface area contributed by atoms with Gasteiger partial charge >= 0.3 is 0 Å². The molecule has 0 N–H and O–H groups in total. The average molecular weight is 336 g/mol. The lowest BCUT2D eigenvalue weighted by molar-refractivity contribution is 0.221. The smallest absolute Gasteiger partial charge is 0.101 e. The first kappa shape index (κ1) is 15.3. The number of nitriles is 1. The van der Waals surface area contributed by atoms with Crippen LogP contribution in [-0.2, 0) is 5.33 Å². The Bertz CT molecular complexity index is 487. The van der Waals surface area contributed by atoms with Gasteiger partial charge in [0.25, 0.3) is 0 Å². The molecule has 0 spiro atoms. The van der Waals surface area contributed by atoms with Crippen molar-refractivity contribution in [3.63, 3.8) is 0 Å². The van der Waals surface area contributed by atoms with Crippen LogP contribution in [0.2, 0.25) is 0 Å². The molecule has 0 amide bonds. The minimum absolute atomic E-state index is 0.541. The van der Waals surface area contributed by atoms with Crippen LogP contribution in [0, 0.1) is 11.3 Å². The highest BCUT2D eigenvalue weighted by Crippen LogP contribution is 2.26. The van der Waals surface area contributed by atoms with Gasteiger partial charge in [-0.15, -0.1) is 0 Å². The summed E-state index contributed by atoms with van der Waals surface area (Å²) in [4.78, 5) is 4.78. The number of piperidine rings is 1. The van der Waals surface area contributed by atoms with Gasteiger partial charge in [0.15, 0.2) is 0 Å². The van der Waals surface area contributed by atoms with E-state index in [0.29, 0.717) is 6.04 Å². The largest absolute Gasteiger partial charge is 0.370 e. The molecule has 0 unspecified atom stereocenters. The fourth-order valence-corrected chi connectivity index (χ4v) is 3.23. The third kappa shape index (κ3) is 3.34. The number of anilines is 1. The quantitative estimate of drug-likeness (QED) is 0.790. The third-order valence-corrected chi connectivity index (χ3v) is 4.92. The van der Waals surface area contributed by atoms with Crippen molar-refractivity contribution >= 4 is 21.6 Å². The van der Waals surface area contributed by atoms with E-state index in [1.807, 2.05) is 6.07 Å². The van der Waals surface area contributed by atoms with Crippen LogP contribution in [0.15, 0.2) is 18.2 Å². The summed E-state index contributed by atoms with van der Waals surface area (Å²) in [5, 5.41) is 10.2. The van der Waals surface area contributed by atoms with E-state index in [-0.39, 0.29) is 0 Å². The van der Waals surface area contributed by atoms with E-state index in [1.165, 1.54) is 12.8 Å². The molecule has 0 atom stereocenters. The number of hydrogen-bond acceptors (Lipinski definition) is 3. The van der Waals surface area contributed by atoms with E-state index >= 15 is 0 Å². The van der Waals surface area contributed by atoms with Crippen molar-refractivity contribution in [1.29, 1.82) is 5.26 Å². The second kappa shape index (κ2) is 7.10. The third-order valence-electron chi connectivity index (χ3n) is 4.27. The zero-order valence-corrected chi connectivity index (χ0v) is 13.9. The van der Waals surface area contributed by atoms with Gasteiger partial charge < -0.3 is 9.80 Å². The van der Waals surface area contributed by atoms with Crippen LogP contribution in [0.5, 0.6) is 0 Å². The average Bonchev–Trinajstić information content (AvgIpc) is 2.53. The van der Waals surface area contributed by atoms with Crippen molar-refractivity contribution in [2.45, 2.75) is 31.1 Å². The van der Waals surface area contributed by atoms with Gasteiger partial charge in [-0.3, -0.25) is 0 Å². The van der Waals surface area contributed by atoms with Gasteiger partial charge in [0.1, 0.15) is 6.07 Å². The maximum Gasteiger partial charge on any atom is 0.101 e. The van der Waals surface area contributed by atoms with Crippen LogP contribution in [0.1, 0.15) is 30.9 Å². The Balaban J connectivity index is 2.13. The van der Waals surface area contributed by atoms with E-state index in [0.717, 1.165) is 41.8 Å². The van der Waals surface area contributed by atoms with Crippen LogP contribution < -0.4 is 4.90 Å². The van der Waals surface area contributed by atoms with Crippen molar-refractivity contribution in [1.82, 2.24) is 4.90 Å². The summed E-state index contributed by atoms with van der Waals surface area (Å²) in [6, 6.07) is 9.05. The first-order valence-electron chi connectivity index (χ1n) is 7.23. The minimum Gasteiger partial charge on any atom is -0.370 e. The molecule has 1 aliphatic rings. The Labute approximate surface area is 130 Å². The Morgan fingerprint density at radius 2 is 2.10 bits per heavy atom. The molecule has 0 bridgehead atoms. The highest BCUT2D eigenvalue weighted by atomic mass is 79.9. The first-order chi connectivity index (χ1) is 9.69. The lowest BCUT2D eigenvalue weighted by Gasteiger charge is -2.37. The van der Waals surface area contributed by atoms with Gasteiger partial charge in [-0.25, -0.2) is 0 Å². The lowest BCUT2D eigenvalue weighted by atomic mass is 10.0. The normalized spacial score (nSPS) is 16.9. The standard InChI is InChI=1S/C16H22BrN3/c1-3-20-8-6-15(7-9-20)19(2)16-5-4-13(11-17)10-14(16)12-18/h4-5,10,15H,3,6-9,11H2,1-2H3. The molecule has 1 saturated heterocycles. The van der Waals surface area contributed by atoms with Crippen LogP contribution in [0.4, 0.5) is 5.69 Å². The van der Waals surface area contributed by atoms with Gasteiger partial charge in [-0.05, 0) is 37.1 Å². The van der Waals surface area contributed by atoms with E-state index < -0.39 is 0 Å². The van der Waals surface area contributed by atoms with Gasteiger partial charge in [0.2, 0.25) is 0 Å². The van der Waals surface area contributed by atoms with E-state index in [2.05, 4.69) is 57.9 Å². The number of likely N-dealkylation sites (tertiary alicyclic amines) is 1. The molecule has 1 fully saturated rings. The summed E-state index contributed by atoms with van der Waals surface area (Å²) in [6.07, 6.45) is 2.35. The predicted octanol–water partition coefficient (Wildman–Crippen LogP) is 3.37.